The Bertz CT molecular complexity index is 609. The van der Waals surface area contributed by atoms with E-state index in [0.29, 0.717) is 23.2 Å². The van der Waals surface area contributed by atoms with Gasteiger partial charge in [0.2, 0.25) is 0 Å². The largest absolute Gasteiger partial charge is 0.395 e. The number of hydrogen-bond donors (Lipinski definition) is 2. The number of aromatic nitrogens is 1. The first kappa shape index (κ1) is 12.9. The van der Waals surface area contributed by atoms with Crippen LogP contribution < -0.4 is 5.32 Å². The first-order valence-electron chi connectivity index (χ1n) is 5.71. The molecule has 5 nitrogen and oxygen atoms in total. The van der Waals surface area contributed by atoms with Crippen LogP contribution in [0.2, 0.25) is 0 Å². The van der Waals surface area contributed by atoms with Crippen LogP contribution in [-0.2, 0) is 0 Å². The predicted molar refractivity (Wildman–Crippen MR) is 69.5 cm³/mol. The number of aliphatic hydroxyl groups is 1. The Morgan fingerprint density at radius 1 is 1.42 bits per heavy atom. The first-order valence-corrected chi connectivity index (χ1v) is 5.71. The van der Waals surface area contributed by atoms with E-state index in [1.807, 2.05) is 0 Å². The fraction of sp³-hybridized carbons (Fsp3) is 0.143. The third kappa shape index (κ3) is 3.44. The standard InChI is InChI=1S/C14H12N2O3/c17-8-4-3-6-11-5-1-2-7-13(11)14(18)16-12-9-15-19-10-12/h1-2,5,7,9-10,17H,4,8H2,(H,16,18). The summed E-state index contributed by atoms with van der Waals surface area (Å²) in [7, 11) is 0. The van der Waals surface area contributed by atoms with E-state index in [1.165, 1.54) is 12.5 Å². The van der Waals surface area contributed by atoms with E-state index in [9.17, 15) is 4.79 Å². The Balaban J connectivity index is 2.20. The number of nitrogens with zero attached hydrogens (tertiary/aromatic N) is 1. The maximum absolute atomic E-state index is 12.1. The van der Waals surface area contributed by atoms with Gasteiger partial charge in [-0.2, -0.15) is 0 Å². The number of nitrogens with one attached hydrogen (secondary N) is 1. The number of anilines is 1. The van der Waals surface area contributed by atoms with Gasteiger partial charge in [0.05, 0.1) is 18.4 Å². The monoisotopic (exact) mass is 256 g/mol. The maximum Gasteiger partial charge on any atom is 0.257 e. The molecule has 1 amide bonds. The third-order valence-corrected chi connectivity index (χ3v) is 2.32. The summed E-state index contributed by atoms with van der Waals surface area (Å²) in [6, 6.07) is 7.01. The molecule has 19 heavy (non-hydrogen) atoms. The van der Waals surface area contributed by atoms with E-state index >= 15 is 0 Å². The molecule has 0 saturated carbocycles. The Labute approximate surface area is 110 Å². The molecular formula is C14H12N2O3. The van der Waals surface area contributed by atoms with Crippen molar-refractivity contribution in [3.05, 3.63) is 47.9 Å². The van der Waals surface area contributed by atoms with Gasteiger partial charge in [-0.05, 0) is 12.1 Å². The van der Waals surface area contributed by atoms with Crippen LogP contribution >= 0.6 is 0 Å². The Hall–Kier alpha value is -2.58. The van der Waals surface area contributed by atoms with Crippen LogP contribution in [0, 0.1) is 11.8 Å². The summed E-state index contributed by atoms with van der Waals surface area (Å²) < 4.78 is 4.64. The molecule has 0 saturated heterocycles. The van der Waals surface area contributed by atoms with Gasteiger partial charge in [-0.25, -0.2) is 0 Å². The van der Waals surface area contributed by atoms with Gasteiger partial charge in [0.25, 0.3) is 5.91 Å². The number of carbonyl (C=O) groups is 1. The number of carbonyl (C=O) groups excluding carboxylic acids is 1. The van der Waals surface area contributed by atoms with Crippen molar-refractivity contribution in [1.82, 2.24) is 5.16 Å². The smallest absolute Gasteiger partial charge is 0.257 e. The molecule has 0 aliphatic rings. The van der Waals surface area contributed by atoms with Gasteiger partial charge in [-0.15, -0.1) is 0 Å². The fourth-order valence-corrected chi connectivity index (χ4v) is 1.47. The van der Waals surface area contributed by atoms with Crippen LogP contribution in [-0.4, -0.2) is 22.8 Å². The molecule has 1 aromatic heterocycles. The molecular weight excluding hydrogens is 244 g/mol. The third-order valence-electron chi connectivity index (χ3n) is 2.32. The Morgan fingerprint density at radius 3 is 3.00 bits per heavy atom. The van der Waals surface area contributed by atoms with E-state index in [2.05, 4.69) is 26.8 Å². The van der Waals surface area contributed by atoms with Crippen molar-refractivity contribution < 1.29 is 14.4 Å². The van der Waals surface area contributed by atoms with Gasteiger partial charge in [0.15, 0.2) is 0 Å². The maximum atomic E-state index is 12.1. The molecule has 0 radical (unpaired) electrons. The Kier molecular flexibility index (Phi) is 4.32. The lowest BCUT2D eigenvalue weighted by Gasteiger charge is -2.04. The van der Waals surface area contributed by atoms with Crippen molar-refractivity contribution in [3.63, 3.8) is 0 Å². The molecule has 1 aromatic carbocycles. The molecule has 0 unspecified atom stereocenters. The number of aliphatic hydroxyl groups excluding tert-OH is 1. The predicted octanol–water partition coefficient (Wildman–Crippen LogP) is 1.66. The topological polar surface area (TPSA) is 75.4 Å². The van der Waals surface area contributed by atoms with Crippen LogP contribution in [0.25, 0.3) is 0 Å². The van der Waals surface area contributed by atoms with Crippen molar-refractivity contribution in [2.45, 2.75) is 6.42 Å². The van der Waals surface area contributed by atoms with Crippen LogP contribution in [0.4, 0.5) is 5.69 Å². The molecule has 0 aliphatic carbocycles. The van der Waals surface area contributed by atoms with Crippen LogP contribution in [0.3, 0.4) is 0 Å². The Morgan fingerprint density at radius 2 is 2.26 bits per heavy atom. The zero-order valence-electron chi connectivity index (χ0n) is 10.1. The highest BCUT2D eigenvalue weighted by Gasteiger charge is 2.10. The average Bonchev–Trinajstić information content (AvgIpc) is 2.92. The van der Waals surface area contributed by atoms with E-state index < -0.39 is 0 Å². The highest BCUT2D eigenvalue weighted by atomic mass is 16.5. The van der Waals surface area contributed by atoms with Crippen LogP contribution in [0.5, 0.6) is 0 Å². The molecule has 2 aromatic rings. The molecule has 96 valence electrons. The van der Waals surface area contributed by atoms with Gasteiger partial charge in [-0.3, -0.25) is 4.79 Å². The summed E-state index contributed by atoms with van der Waals surface area (Å²) in [6.45, 7) is 0.00204. The van der Waals surface area contributed by atoms with Crippen LogP contribution in [0.15, 0.2) is 41.2 Å². The number of rotatable bonds is 3. The van der Waals surface area contributed by atoms with Gasteiger partial charge >= 0.3 is 0 Å². The quantitative estimate of drug-likeness (QED) is 0.819. The van der Waals surface area contributed by atoms with Gasteiger partial charge < -0.3 is 14.9 Å². The molecule has 0 aliphatic heterocycles. The van der Waals surface area contributed by atoms with E-state index in [-0.39, 0.29) is 12.5 Å². The minimum absolute atomic E-state index is 0.00204. The van der Waals surface area contributed by atoms with E-state index in [1.54, 1.807) is 24.3 Å². The van der Waals surface area contributed by atoms with Gasteiger partial charge in [-0.1, -0.05) is 29.1 Å². The lowest BCUT2D eigenvalue weighted by Crippen LogP contribution is -2.12. The van der Waals surface area contributed by atoms with Crippen molar-refractivity contribution in [2.75, 3.05) is 11.9 Å². The summed E-state index contributed by atoms with van der Waals surface area (Å²) in [6.07, 6.45) is 3.14. The molecule has 0 spiro atoms. The molecule has 0 atom stereocenters. The van der Waals surface area contributed by atoms with Crippen LogP contribution in [0.1, 0.15) is 22.3 Å². The molecule has 0 fully saturated rings. The molecule has 1 heterocycles. The summed E-state index contributed by atoms with van der Waals surface area (Å²) in [5.74, 6) is 5.38. The molecule has 2 N–H and O–H groups in total. The second kappa shape index (κ2) is 6.38. The van der Waals surface area contributed by atoms with Crippen molar-refractivity contribution in [3.8, 4) is 11.8 Å². The van der Waals surface area contributed by atoms with Crippen molar-refractivity contribution >= 4 is 11.6 Å². The minimum atomic E-state index is -0.280. The number of amides is 1. The zero-order chi connectivity index (χ0) is 13.5. The van der Waals surface area contributed by atoms with E-state index in [4.69, 9.17) is 5.11 Å². The highest BCUT2D eigenvalue weighted by molar-refractivity contribution is 6.05. The molecule has 0 bridgehead atoms. The summed E-state index contributed by atoms with van der Waals surface area (Å²) in [4.78, 5) is 12.1. The molecule has 2 rings (SSSR count). The van der Waals surface area contributed by atoms with E-state index in [0.717, 1.165) is 0 Å². The number of hydrogen-bond acceptors (Lipinski definition) is 4. The van der Waals surface area contributed by atoms with Crippen molar-refractivity contribution in [2.24, 2.45) is 0 Å². The lowest BCUT2D eigenvalue weighted by molar-refractivity contribution is 0.102. The number of benzene rings is 1. The second-order valence-electron chi connectivity index (χ2n) is 3.69. The van der Waals surface area contributed by atoms with Gasteiger partial charge in [0.1, 0.15) is 12.0 Å². The molecule has 5 heteroatoms. The van der Waals surface area contributed by atoms with Gasteiger partial charge in [0, 0.05) is 12.0 Å². The summed E-state index contributed by atoms with van der Waals surface area (Å²) in [5, 5.41) is 14.9. The summed E-state index contributed by atoms with van der Waals surface area (Å²) in [5.41, 5.74) is 1.57. The summed E-state index contributed by atoms with van der Waals surface area (Å²) >= 11 is 0. The first-order chi connectivity index (χ1) is 9.31. The lowest BCUT2D eigenvalue weighted by atomic mass is 10.1. The normalized spacial score (nSPS) is 9.53. The van der Waals surface area contributed by atoms with Crippen molar-refractivity contribution in [1.29, 1.82) is 0 Å². The SMILES string of the molecule is O=C(Nc1cnoc1)c1ccccc1C#CCCO. The average molecular weight is 256 g/mol. The zero-order valence-corrected chi connectivity index (χ0v) is 10.1. The second-order valence-corrected chi connectivity index (χ2v) is 3.69. The minimum Gasteiger partial charge on any atom is -0.395 e. The fourth-order valence-electron chi connectivity index (χ4n) is 1.47. The highest BCUT2D eigenvalue weighted by Crippen LogP contribution is 2.11.